The van der Waals surface area contributed by atoms with E-state index in [1.54, 1.807) is 10.6 Å². The molecule has 0 unspecified atom stereocenters. The number of anilines is 1. The van der Waals surface area contributed by atoms with Gasteiger partial charge in [0.15, 0.2) is 0 Å². The maximum atomic E-state index is 12.8. The maximum Gasteiger partial charge on any atom is 0.416 e. The van der Waals surface area contributed by atoms with Gasteiger partial charge >= 0.3 is 18.5 Å². The lowest BCUT2D eigenvalue weighted by Gasteiger charge is -2.29. The van der Waals surface area contributed by atoms with Crippen LogP contribution in [0.3, 0.4) is 0 Å². The van der Waals surface area contributed by atoms with Gasteiger partial charge in [-0.15, -0.1) is 0 Å². The molecule has 1 aromatic rings. The van der Waals surface area contributed by atoms with Crippen LogP contribution in [-0.4, -0.2) is 24.0 Å². The summed E-state index contributed by atoms with van der Waals surface area (Å²) in [6.07, 6.45) is -16.3. The van der Waals surface area contributed by atoms with Crippen molar-refractivity contribution < 1.29 is 49.1 Å². The molecule has 2 amide bonds. The first-order valence-electron chi connectivity index (χ1n) is 7.56. The molecule has 156 valence electrons. The Balaban J connectivity index is 2.23. The predicted octanol–water partition coefficient (Wildman–Crippen LogP) is 4.12. The molecule has 1 saturated heterocycles. The summed E-state index contributed by atoms with van der Waals surface area (Å²) in [4.78, 5) is 23.7. The molecular formula is C15H11F9N2O2. The van der Waals surface area contributed by atoms with E-state index in [-0.39, 0.29) is 18.2 Å². The first-order valence-corrected chi connectivity index (χ1v) is 7.56. The number of halogens is 9. The average molecular weight is 422 g/mol. The van der Waals surface area contributed by atoms with Crippen molar-refractivity contribution in [2.45, 2.75) is 37.4 Å². The van der Waals surface area contributed by atoms with Crippen LogP contribution in [0.15, 0.2) is 18.2 Å². The molecule has 0 aliphatic carbocycles. The van der Waals surface area contributed by atoms with E-state index in [9.17, 15) is 49.1 Å². The second-order valence-corrected chi connectivity index (χ2v) is 6.02. The monoisotopic (exact) mass is 422 g/mol. The molecule has 2 rings (SSSR count). The minimum absolute atomic E-state index is 0.156. The third kappa shape index (κ3) is 5.07. The van der Waals surface area contributed by atoms with E-state index < -0.39 is 72.0 Å². The number of nitrogens with one attached hydrogen (secondary N) is 2. The normalized spacial score (nSPS) is 21.2. The van der Waals surface area contributed by atoms with Crippen LogP contribution < -0.4 is 10.6 Å². The molecule has 4 nitrogen and oxygen atoms in total. The molecule has 0 bridgehead atoms. The van der Waals surface area contributed by atoms with Gasteiger partial charge in [-0.25, -0.2) is 0 Å². The van der Waals surface area contributed by atoms with Gasteiger partial charge in [0.05, 0.1) is 11.1 Å². The lowest BCUT2D eigenvalue weighted by atomic mass is 9.92. The number of alkyl halides is 9. The summed E-state index contributed by atoms with van der Waals surface area (Å²) in [5.41, 5.74) is -4.27. The van der Waals surface area contributed by atoms with E-state index in [0.29, 0.717) is 0 Å². The first kappa shape index (κ1) is 21.8. The van der Waals surface area contributed by atoms with Gasteiger partial charge in [-0.2, -0.15) is 39.5 Å². The van der Waals surface area contributed by atoms with E-state index in [4.69, 9.17) is 0 Å². The Morgan fingerprint density at radius 1 is 0.893 bits per heavy atom. The quantitative estimate of drug-likeness (QED) is 0.557. The zero-order chi connectivity index (χ0) is 21.5. The molecule has 2 atom stereocenters. The van der Waals surface area contributed by atoms with Crippen LogP contribution in [0.5, 0.6) is 0 Å². The van der Waals surface area contributed by atoms with Gasteiger partial charge in [0.1, 0.15) is 12.0 Å². The van der Waals surface area contributed by atoms with Gasteiger partial charge in [-0.1, -0.05) is 0 Å². The summed E-state index contributed by atoms with van der Waals surface area (Å²) in [5.74, 6) is -4.33. The lowest BCUT2D eigenvalue weighted by molar-refractivity contribution is -0.170. The summed E-state index contributed by atoms with van der Waals surface area (Å²) in [7, 11) is 0. The number of carbonyl (C=O) groups excluding carboxylic acids is 2. The van der Waals surface area contributed by atoms with Crippen molar-refractivity contribution in [1.29, 1.82) is 0 Å². The van der Waals surface area contributed by atoms with Crippen molar-refractivity contribution in [3.63, 3.8) is 0 Å². The zero-order valence-electron chi connectivity index (χ0n) is 13.5. The molecule has 0 radical (unpaired) electrons. The lowest BCUT2D eigenvalue weighted by Crippen LogP contribution is -2.53. The minimum atomic E-state index is -5.15. The number of benzene rings is 1. The Kier molecular flexibility index (Phi) is 5.59. The van der Waals surface area contributed by atoms with E-state index in [1.807, 2.05) is 0 Å². The van der Waals surface area contributed by atoms with E-state index in [2.05, 4.69) is 0 Å². The highest BCUT2D eigenvalue weighted by Gasteiger charge is 2.46. The summed E-state index contributed by atoms with van der Waals surface area (Å²) < 4.78 is 114. The SMILES string of the molecule is O=C(Nc1cc(C(F)(F)F)cc(C(F)(F)F)c1)[C@H]1CC[C@H](C(F)(F)F)NC1=O. The third-order valence-electron chi connectivity index (χ3n) is 3.94. The number of carbonyl (C=O) groups is 2. The number of hydrogen-bond acceptors (Lipinski definition) is 2. The van der Waals surface area contributed by atoms with Crippen molar-refractivity contribution in [2.75, 3.05) is 5.32 Å². The highest BCUT2D eigenvalue weighted by atomic mass is 19.4. The fourth-order valence-electron chi connectivity index (χ4n) is 2.56. The highest BCUT2D eigenvalue weighted by Crippen LogP contribution is 2.38. The Morgan fingerprint density at radius 3 is 1.79 bits per heavy atom. The van der Waals surface area contributed by atoms with E-state index >= 15 is 0 Å². The van der Waals surface area contributed by atoms with E-state index in [1.165, 1.54) is 0 Å². The molecule has 1 heterocycles. The molecule has 0 aromatic heterocycles. The topological polar surface area (TPSA) is 58.2 Å². The van der Waals surface area contributed by atoms with Crippen LogP contribution in [0.2, 0.25) is 0 Å². The van der Waals surface area contributed by atoms with Gasteiger partial charge in [0, 0.05) is 5.69 Å². The smallest absolute Gasteiger partial charge is 0.344 e. The van der Waals surface area contributed by atoms with Gasteiger partial charge in [0.2, 0.25) is 11.8 Å². The first-order chi connectivity index (χ1) is 12.6. The Bertz CT molecular complexity index is 736. The Morgan fingerprint density at radius 2 is 1.39 bits per heavy atom. The van der Waals surface area contributed by atoms with Gasteiger partial charge in [-0.05, 0) is 31.0 Å². The minimum Gasteiger partial charge on any atom is -0.344 e. The van der Waals surface area contributed by atoms with Crippen molar-refractivity contribution in [1.82, 2.24) is 5.32 Å². The summed E-state index contributed by atoms with van der Waals surface area (Å²) in [5, 5.41) is 3.30. The molecule has 1 fully saturated rings. The van der Waals surface area contributed by atoms with Crippen LogP contribution in [0.25, 0.3) is 0 Å². The van der Waals surface area contributed by atoms with Gasteiger partial charge < -0.3 is 10.6 Å². The molecule has 1 aliphatic heterocycles. The summed E-state index contributed by atoms with van der Waals surface area (Å²) in [6, 6.07) is -1.88. The Labute approximate surface area is 151 Å². The second-order valence-electron chi connectivity index (χ2n) is 6.02. The van der Waals surface area contributed by atoms with Crippen molar-refractivity contribution in [3.05, 3.63) is 29.3 Å². The van der Waals surface area contributed by atoms with Crippen LogP contribution in [0.4, 0.5) is 45.2 Å². The second kappa shape index (κ2) is 7.17. The molecule has 1 aliphatic rings. The number of rotatable bonds is 2. The molecule has 0 saturated carbocycles. The summed E-state index contributed by atoms with van der Waals surface area (Å²) in [6.45, 7) is 0. The maximum absolute atomic E-state index is 12.8. The average Bonchev–Trinajstić information content (AvgIpc) is 2.51. The summed E-state index contributed by atoms with van der Waals surface area (Å²) >= 11 is 0. The molecule has 28 heavy (non-hydrogen) atoms. The van der Waals surface area contributed by atoms with Crippen LogP contribution >= 0.6 is 0 Å². The van der Waals surface area contributed by atoms with Crippen molar-refractivity contribution in [2.24, 2.45) is 5.92 Å². The fraction of sp³-hybridized carbons (Fsp3) is 0.467. The van der Waals surface area contributed by atoms with Crippen LogP contribution in [-0.2, 0) is 21.9 Å². The largest absolute Gasteiger partial charge is 0.416 e. The molecule has 2 N–H and O–H groups in total. The van der Waals surface area contributed by atoms with E-state index in [0.717, 1.165) is 0 Å². The molecule has 0 spiro atoms. The van der Waals surface area contributed by atoms with Crippen molar-refractivity contribution in [3.8, 4) is 0 Å². The zero-order valence-corrected chi connectivity index (χ0v) is 13.5. The number of piperidine rings is 1. The molecule has 1 aromatic carbocycles. The van der Waals surface area contributed by atoms with Crippen LogP contribution in [0, 0.1) is 5.92 Å². The molecular weight excluding hydrogens is 411 g/mol. The predicted molar refractivity (Wildman–Crippen MR) is 75.8 cm³/mol. The number of hydrogen-bond donors (Lipinski definition) is 2. The van der Waals surface area contributed by atoms with Gasteiger partial charge in [0.25, 0.3) is 0 Å². The fourth-order valence-corrected chi connectivity index (χ4v) is 2.56. The Hall–Kier alpha value is -2.47. The van der Waals surface area contributed by atoms with Gasteiger partial charge in [-0.3, -0.25) is 9.59 Å². The molecule has 13 heteroatoms. The highest BCUT2D eigenvalue weighted by molar-refractivity contribution is 6.07. The van der Waals surface area contributed by atoms with Crippen LogP contribution in [0.1, 0.15) is 24.0 Å². The standard InChI is InChI=1S/C15H11F9N2O2/c16-13(17,18)6-3-7(14(19,20)21)5-8(4-6)25-11(27)9-1-2-10(15(22,23)24)26-12(9)28/h3-5,9-10H,1-2H2,(H,25,27)(H,26,28)/t9-,10-/m1/s1. The number of amides is 2. The third-order valence-corrected chi connectivity index (χ3v) is 3.94. The van der Waals surface area contributed by atoms with Crippen molar-refractivity contribution >= 4 is 17.5 Å².